The fraction of sp³-hybridized carbons (Fsp3) is 0.500. The summed E-state index contributed by atoms with van der Waals surface area (Å²) in [6, 6.07) is 7.44. The Labute approximate surface area is 199 Å². The van der Waals surface area contributed by atoms with Gasteiger partial charge in [0.1, 0.15) is 5.82 Å². The number of amides is 1. The standard InChI is InChI=1S/C24H31FN4O4S/c1-17-13-22(18(2)29(17)21-7-12-34(32,33)16-21)23(30)14-27-8-10-28(11-9-27)15-24(31)26-20-5-3-19(25)4-6-20/h3-6,13,21H,7-12,14-16H2,1-2H3,(H,26,31)/t21-/m1/s1. The van der Waals surface area contributed by atoms with Crippen molar-refractivity contribution in [2.45, 2.75) is 26.3 Å². The van der Waals surface area contributed by atoms with Crippen molar-refractivity contribution in [1.29, 1.82) is 0 Å². The number of aromatic nitrogens is 1. The van der Waals surface area contributed by atoms with Gasteiger partial charge in [-0.1, -0.05) is 0 Å². The molecule has 34 heavy (non-hydrogen) atoms. The second kappa shape index (κ2) is 9.97. The van der Waals surface area contributed by atoms with E-state index in [0.29, 0.717) is 50.4 Å². The highest BCUT2D eigenvalue weighted by Gasteiger charge is 2.32. The molecule has 0 spiro atoms. The van der Waals surface area contributed by atoms with E-state index in [0.717, 1.165) is 11.4 Å². The Morgan fingerprint density at radius 1 is 1.03 bits per heavy atom. The Hall–Kier alpha value is -2.56. The lowest BCUT2D eigenvalue weighted by Gasteiger charge is -2.33. The number of ketones is 1. The van der Waals surface area contributed by atoms with Gasteiger partial charge in [0.2, 0.25) is 5.91 Å². The first-order valence-electron chi connectivity index (χ1n) is 11.5. The number of rotatable bonds is 7. The number of piperazine rings is 1. The highest BCUT2D eigenvalue weighted by atomic mass is 32.2. The van der Waals surface area contributed by atoms with Gasteiger partial charge in [-0.25, -0.2) is 12.8 Å². The molecule has 184 valence electrons. The van der Waals surface area contributed by atoms with E-state index in [-0.39, 0.29) is 41.6 Å². The summed E-state index contributed by atoms with van der Waals surface area (Å²) in [7, 11) is -3.01. The molecule has 0 aliphatic carbocycles. The zero-order valence-corrected chi connectivity index (χ0v) is 20.4. The van der Waals surface area contributed by atoms with Crippen molar-refractivity contribution in [2.75, 3.05) is 56.1 Å². The SMILES string of the molecule is Cc1cc(C(=O)CN2CCN(CC(=O)Nc3ccc(F)cc3)CC2)c(C)n1[C@@H]1CCS(=O)(=O)C1. The number of halogens is 1. The number of carbonyl (C=O) groups excluding carboxylic acids is 2. The van der Waals surface area contributed by atoms with E-state index in [1.807, 2.05) is 29.4 Å². The minimum absolute atomic E-state index is 0.0303. The van der Waals surface area contributed by atoms with Crippen LogP contribution in [0.4, 0.5) is 10.1 Å². The van der Waals surface area contributed by atoms with Crippen molar-refractivity contribution in [1.82, 2.24) is 14.4 Å². The van der Waals surface area contributed by atoms with Gasteiger partial charge in [0.15, 0.2) is 15.6 Å². The van der Waals surface area contributed by atoms with Gasteiger partial charge in [-0.15, -0.1) is 0 Å². The maximum absolute atomic E-state index is 13.1. The fourth-order valence-electron chi connectivity index (χ4n) is 4.93. The van der Waals surface area contributed by atoms with Crippen LogP contribution >= 0.6 is 0 Å². The van der Waals surface area contributed by atoms with Crippen LogP contribution in [0.2, 0.25) is 0 Å². The lowest BCUT2D eigenvalue weighted by atomic mass is 10.1. The molecule has 4 rings (SSSR count). The third-order valence-electron chi connectivity index (χ3n) is 6.69. The number of nitrogens with zero attached hydrogens (tertiary/aromatic N) is 3. The van der Waals surface area contributed by atoms with E-state index in [2.05, 4.69) is 10.2 Å². The molecule has 1 atom stereocenters. The smallest absolute Gasteiger partial charge is 0.238 e. The molecule has 0 unspecified atom stereocenters. The lowest BCUT2D eigenvalue weighted by molar-refractivity contribution is -0.117. The number of carbonyl (C=O) groups is 2. The Bertz CT molecular complexity index is 1170. The average molecular weight is 491 g/mol. The second-order valence-electron chi connectivity index (χ2n) is 9.24. The van der Waals surface area contributed by atoms with Crippen LogP contribution in [0.3, 0.4) is 0 Å². The Morgan fingerprint density at radius 2 is 1.65 bits per heavy atom. The number of benzene rings is 1. The Morgan fingerprint density at radius 3 is 2.24 bits per heavy atom. The van der Waals surface area contributed by atoms with Crippen LogP contribution < -0.4 is 5.32 Å². The number of hydrogen-bond acceptors (Lipinski definition) is 6. The maximum atomic E-state index is 13.1. The van der Waals surface area contributed by atoms with Crippen molar-refractivity contribution in [3.05, 3.63) is 53.1 Å². The number of nitrogens with one attached hydrogen (secondary N) is 1. The third kappa shape index (κ3) is 5.73. The lowest BCUT2D eigenvalue weighted by Crippen LogP contribution is -2.49. The van der Waals surface area contributed by atoms with Gasteiger partial charge in [-0.05, 0) is 50.6 Å². The van der Waals surface area contributed by atoms with Crippen LogP contribution in [0.5, 0.6) is 0 Å². The quantitative estimate of drug-likeness (QED) is 0.598. The first kappa shape index (κ1) is 24.6. The van der Waals surface area contributed by atoms with Crippen LogP contribution in [-0.4, -0.2) is 85.2 Å². The monoisotopic (exact) mass is 490 g/mol. The molecule has 2 saturated heterocycles. The van der Waals surface area contributed by atoms with Crippen LogP contribution in [0.15, 0.2) is 30.3 Å². The predicted molar refractivity (Wildman–Crippen MR) is 128 cm³/mol. The van der Waals surface area contributed by atoms with Crippen LogP contribution in [0.1, 0.15) is 34.2 Å². The van der Waals surface area contributed by atoms with E-state index >= 15 is 0 Å². The van der Waals surface area contributed by atoms with Gasteiger partial charge >= 0.3 is 0 Å². The second-order valence-corrected chi connectivity index (χ2v) is 11.5. The van der Waals surface area contributed by atoms with Gasteiger partial charge in [0, 0.05) is 54.9 Å². The summed E-state index contributed by atoms with van der Waals surface area (Å²) in [5, 5.41) is 2.77. The number of sulfone groups is 1. The molecular formula is C24H31FN4O4S. The minimum atomic E-state index is -3.01. The summed E-state index contributed by atoms with van der Waals surface area (Å²) < 4.78 is 38.8. The Balaban J connectivity index is 1.28. The van der Waals surface area contributed by atoms with Crippen LogP contribution in [0, 0.1) is 19.7 Å². The molecule has 1 amide bonds. The third-order valence-corrected chi connectivity index (χ3v) is 8.44. The van der Waals surface area contributed by atoms with Crippen molar-refractivity contribution in [3.8, 4) is 0 Å². The first-order valence-corrected chi connectivity index (χ1v) is 13.4. The topological polar surface area (TPSA) is 91.7 Å². The van der Waals surface area contributed by atoms with Crippen LogP contribution in [-0.2, 0) is 14.6 Å². The fourth-order valence-corrected chi connectivity index (χ4v) is 6.63. The van der Waals surface area contributed by atoms with E-state index < -0.39 is 9.84 Å². The van der Waals surface area contributed by atoms with E-state index in [1.54, 1.807) is 0 Å². The molecule has 2 aliphatic rings. The average Bonchev–Trinajstić information content (AvgIpc) is 3.28. The molecule has 2 fully saturated rings. The van der Waals surface area contributed by atoms with E-state index in [9.17, 15) is 22.4 Å². The van der Waals surface area contributed by atoms with Crippen molar-refractivity contribution >= 4 is 27.2 Å². The van der Waals surface area contributed by atoms with Gasteiger partial charge < -0.3 is 9.88 Å². The number of Topliss-reactive ketones (excluding diaryl/α,β-unsaturated/α-hetero) is 1. The summed E-state index contributed by atoms with van der Waals surface area (Å²) in [6.07, 6.45) is 0.586. The minimum Gasteiger partial charge on any atom is -0.344 e. The molecule has 2 aliphatic heterocycles. The van der Waals surface area contributed by atoms with Gasteiger partial charge in [0.25, 0.3) is 0 Å². The summed E-state index contributed by atoms with van der Waals surface area (Å²) in [5.74, 6) is -0.143. The summed E-state index contributed by atoms with van der Waals surface area (Å²) in [6.45, 7) is 7.04. The molecule has 1 N–H and O–H groups in total. The molecule has 1 aromatic heterocycles. The number of hydrogen-bond donors (Lipinski definition) is 1. The number of anilines is 1. The summed E-state index contributed by atoms with van der Waals surface area (Å²) in [4.78, 5) is 29.4. The summed E-state index contributed by atoms with van der Waals surface area (Å²) in [5.41, 5.74) is 2.96. The molecule has 2 aromatic rings. The van der Waals surface area contributed by atoms with Gasteiger partial charge in [0.05, 0.1) is 24.6 Å². The van der Waals surface area contributed by atoms with Gasteiger partial charge in [-0.2, -0.15) is 0 Å². The highest BCUT2D eigenvalue weighted by molar-refractivity contribution is 7.91. The van der Waals surface area contributed by atoms with Crippen LogP contribution in [0.25, 0.3) is 0 Å². The molecule has 0 bridgehead atoms. The number of aryl methyl sites for hydroxylation is 1. The molecule has 3 heterocycles. The molecule has 1 aromatic carbocycles. The molecular weight excluding hydrogens is 459 g/mol. The van der Waals surface area contributed by atoms with E-state index in [1.165, 1.54) is 24.3 Å². The van der Waals surface area contributed by atoms with Crippen molar-refractivity contribution in [3.63, 3.8) is 0 Å². The predicted octanol–water partition coefficient (Wildman–Crippen LogP) is 2.04. The normalized spacial score (nSPS) is 21.0. The van der Waals surface area contributed by atoms with E-state index in [4.69, 9.17) is 0 Å². The zero-order chi connectivity index (χ0) is 24.5. The summed E-state index contributed by atoms with van der Waals surface area (Å²) >= 11 is 0. The highest BCUT2D eigenvalue weighted by Crippen LogP contribution is 2.29. The van der Waals surface area contributed by atoms with Crippen molar-refractivity contribution in [2.24, 2.45) is 0 Å². The zero-order valence-electron chi connectivity index (χ0n) is 19.6. The molecule has 10 heteroatoms. The molecule has 0 radical (unpaired) electrons. The molecule has 8 nitrogen and oxygen atoms in total. The van der Waals surface area contributed by atoms with Crippen molar-refractivity contribution < 1.29 is 22.4 Å². The van der Waals surface area contributed by atoms with Gasteiger partial charge in [-0.3, -0.25) is 19.4 Å². The Kier molecular flexibility index (Phi) is 7.20. The maximum Gasteiger partial charge on any atom is 0.238 e. The molecule has 0 saturated carbocycles. The largest absolute Gasteiger partial charge is 0.344 e. The first-order chi connectivity index (χ1) is 16.1.